The number of fused-ring (bicyclic) bond motifs is 1. The summed E-state index contributed by atoms with van der Waals surface area (Å²) in [6, 6.07) is 19.2. The molecule has 1 heterocycles. The van der Waals surface area contributed by atoms with E-state index in [-0.39, 0.29) is 0 Å². The van der Waals surface area contributed by atoms with Gasteiger partial charge in [0.05, 0.1) is 22.9 Å². The first-order chi connectivity index (χ1) is 15.3. The van der Waals surface area contributed by atoms with E-state index in [4.69, 9.17) is 16.6 Å². The summed E-state index contributed by atoms with van der Waals surface area (Å²) in [6.45, 7) is 4.10. The molecule has 0 atom stereocenters. The van der Waals surface area contributed by atoms with Gasteiger partial charge < -0.3 is 0 Å². The van der Waals surface area contributed by atoms with E-state index in [1.54, 1.807) is 18.1 Å². The zero-order valence-electron chi connectivity index (χ0n) is 17.5. The van der Waals surface area contributed by atoms with E-state index >= 15 is 0 Å². The molecule has 1 aromatic heterocycles. The number of hydrogen-bond acceptors (Lipinski definition) is 4. The van der Waals surface area contributed by atoms with E-state index in [0.717, 1.165) is 22.2 Å². The quantitative estimate of drug-likeness (QED) is 0.390. The molecule has 0 unspecified atom stereocenters. The molecule has 0 saturated heterocycles. The van der Waals surface area contributed by atoms with E-state index in [0.29, 0.717) is 17.7 Å². The molecule has 160 valence electrons. The van der Waals surface area contributed by atoms with Crippen LogP contribution < -0.4 is 5.32 Å². The fourth-order valence-electron chi connectivity index (χ4n) is 4.00. The molecule has 1 fully saturated rings. The van der Waals surface area contributed by atoms with Crippen LogP contribution in [-0.2, 0) is 0 Å². The van der Waals surface area contributed by atoms with Crippen LogP contribution in [-0.4, -0.2) is 29.1 Å². The molecule has 31 heavy (non-hydrogen) atoms. The molecule has 4 rings (SSSR count). The number of nitrogens with one attached hydrogen (secondary N) is 1. The number of para-hydroxylation sites is 1. The Morgan fingerprint density at radius 2 is 1.84 bits per heavy atom. The van der Waals surface area contributed by atoms with Crippen LogP contribution in [0.25, 0.3) is 10.9 Å². The van der Waals surface area contributed by atoms with Gasteiger partial charge in [-0.15, -0.1) is 0 Å². The summed E-state index contributed by atoms with van der Waals surface area (Å²) in [5.41, 5.74) is 2.85. The highest BCUT2D eigenvalue weighted by Crippen LogP contribution is 2.31. The standard InChI is InChI=1S/C25H27ClN4S/c1-27-16-23(26)25(29-18-28-19-10-4-2-5-11-19)22-17-30(24-15-9-8-14-21(22)24)31-20-12-6-3-7-13-20/h3,6-9,12-17,19,28H,1-2,4-5,10-11,18H2/b23-16+,29-25?. The molecule has 0 bridgehead atoms. The lowest BCUT2D eigenvalue weighted by atomic mass is 9.96. The summed E-state index contributed by atoms with van der Waals surface area (Å²) >= 11 is 8.30. The third kappa shape index (κ3) is 5.48. The van der Waals surface area contributed by atoms with Crippen LogP contribution in [0.5, 0.6) is 0 Å². The maximum absolute atomic E-state index is 6.63. The van der Waals surface area contributed by atoms with Crippen molar-refractivity contribution in [2.75, 3.05) is 6.67 Å². The van der Waals surface area contributed by atoms with Gasteiger partial charge in [0.15, 0.2) is 0 Å². The number of benzene rings is 2. The number of allylic oxidation sites excluding steroid dienone is 1. The predicted octanol–water partition coefficient (Wildman–Crippen LogP) is 6.65. The van der Waals surface area contributed by atoms with Crippen molar-refractivity contribution in [3.8, 4) is 0 Å². The number of hydrogen-bond donors (Lipinski definition) is 1. The summed E-state index contributed by atoms with van der Waals surface area (Å²) in [7, 11) is 0. The van der Waals surface area contributed by atoms with Crippen LogP contribution >= 0.6 is 23.5 Å². The molecule has 0 amide bonds. The van der Waals surface area contributed by atoms with Gasteiger partial charge in [0.25, 0.3) is 0 Å². The van der Waals surface area contributed by atoms with E-state index < -0.39 is 0 Å². The van der Waals surface area contributed by atoms with Crippen LogP contribution in [0.15, 0.2) is 86.9 Å². The number of aliphatic imine (C=N–C) groups is 2. The van der Waals surface area contributed by atoms with Gasteiger partial charge in [-0.25, -0.2) is 0 Å². The Kier molecular flexibility index (Phi) is 7.62. The van der Waals surface area contributed by atoms with Crippen molar-refractivity contribution >= 4 is 46.9 Å². The molecule has 0 aliphatic heterocycles. The molecule has 0 spiro atoms. The fraction of sp³-hybridized carbons (Fsp3) is 0.280. The van der Waals surface area contributed by atoms with Gasteiger partial charge >= 0.3 is 0 Å². The highest BCUT2D eigenvalue weighted by molar-refractivity contribution is 7.98. The Morgan fingerprint density at radius 3 is 2.61 bits per heavy atom. The first-order valence-corrected chi connectivity index (χ1v) is 11.8. The van der Waals surface area contributed by atoms with Crippen LogP contribution in [0.4, 0.5) is 0 Å². The average Bonchev–Trinajstić information content (AvgIpc) is 3.16. The van der Waals surface area contributed by atoms with Crippen molar-refractivity contribution in [3.05, 3.63) is 77.6 Å². The summed E-state index contributed by atoms with van der Waals surface area (Å²) in [4.78, 5) is 9.92. The first kappa shape index (κ1) is 21.9. The molecule has 0 radical (unpaired) electrons. The normalized spacial score (nSPS) is 16.0. The second kappa shape index (κ2) is 10.8. The van der Waals surface area contributed by atoms with Crippen molar-refractivity contribution in [3.63, 3.8) is 0 Å². The number of halogens is 1. The minimum absolute atomic E-state index is 0.494. The zero-order valence-corrected chi connectivity index (χ0v) is 19.1. The fourth-order valence-corrected chi connectivity index (χ4v) is 5.15. The largest absolute Gasteiger partial charge is 0.296 e. The van der Waals surface area contributed by atoms with Crippen LogP contribution in [0.3, 0.4) is 0 Å². The van der Waals surface area contributed by atoms with Crippen molar-refractivity contribution in [2.24, 2.45) is 9.98 Å². The van der Waals surface area contributed by atoms with Gasteiger partial charge in [-0.3, -0.25) is 19.3 Å². The summed E-state index contributed by atoms with van der Waals surface area (Å²) in [5.74, 6) is 0. The zero-order chi connectivity index (χ0) is 21.5. The number of nitrogens with zero attached hydrogens (tertiary/aromatic N) is 3. The lowest BCUT2D eigenvalue weighted by Gasteiger charge is -2.22. The lowest BCUT2D eigenvalue weighted by molar-refractivity contribution is 0.378. The third-order valence-corrected chi connectivity index (χ3v) is 6.79. The molecule has 1 saturated carbocycles. The second-order valence-electron chi connectivity index (χ2n) is 7.65. The van der Waals surface area contributed by atoms with Crippen molar-refractivity contribution in [1.29, 1.82) is 0 Å². The highest BCUT2D eigenvalue weighted by Gasteiger charge is 2.17. The third-order valence-electron chi connectivity index (χ3n) is 5.53. The van der Waals surface area contributed by atoms with E-state index in [9.17, 15) is 0 Å². The SMILES string of the molecule is C=N/C=C(/Cl)C(=NCNC1CCCCC1)c1cn(Sc2ccccc2)c2ccccc12. The summed E-state index contributed by atoms with van der Waals surface area (Å²) in [6.07, 6.45) is 10.0. The number of rotatable bonds is 8. The first-order valence-electron chi connectivity index (χ1n) is 10.7. The molecule has 1 aliphatic carbocycles. The minimum atomic E-state index is 0.494. The molecule has 6 heteroatoms. The van der Waals surface area contributed by atoms with Crippen LogP contribution in [0.2, 0.25) is 0 Å². The maximum Gasteiger partial charge on any atom is 0.0894 e. The summed E-state index contributed by atoms with van der Waals surface area (Å²) in [5, 5.41) is 5.18. The van der Waals surface area contributed by atoms with E-state index in [2.05, 4.69) is 57.5 Å². The minimum Gasteiger partial charge on any atom is -0.296 e. The van der Waals surface area contributed by atoms with Gasteiger partial charge in [-0.05, 0) is 49.7 Å². The molecular weight excluding hydrogens is 424 g/mol. The Balaban J connectivity index is 1.68. The molecular formula is C25H27ClN4S. The smallest absolute Gasteiger partial charge is 0.0894 e. The topological polar surface area (TPSA) is 41.7 Å². The molecule has 1 N–H and O–H groups in total. The van der Waals surface area contributed by atoms with E-state index in [1.165, 1.54) is 37.0 Å². The number of aromatic nitrogens is 1. The van der Waals surface area contributed by atoms with Crippen molar-refractivity contribution in [1.82, 2.24) is 9.29 Å². The summed E-state index contributed by atoms with van der Waals surface area (Å²) < 4.78 is 2.18. The van der Waals surface area contributed by atoms with Gasteiger partial charge in [0.2, 0.25) is 0 Å². The van der Waals surface area contributed by atoms with Crippen LogP contribution in [0, 0.1) is 0 Å². The Hall–Kier alpha value is -2.34. The van der Waals surface area contributed by atoms with Gasteiger partial charge in [-0.2, -0.15) is 0 Å². The van der Waals surface area contributed by atoms with Gasteiger partial charge in [0, 0.05) is 34.3 Å². The predicted molar refractivity (Wildman–Crippen MR) is 135 cm³/mol. The van der Waals surface area contributed by atoms with Crippen molar-refractivity contribution < 1.29 is 0 Å². The molecule has 2 aromatic carbocycles. The van der Waals surface area contributed by atoms with Gasteiger partial charge in [-0.1, -0.05) is 67.3 Å². The van der Waals surface area contributed by atoms with Gasteiger partial charge in [0.1, 0.15) is 0 Å². The molecule has 4 nitrogen and oxygen atoms in total. The van der Waals surface area contributed by atoms with Crippen LogP contribution in [0.1, 0.15) is 37.7 Å². The lowest BCUT2D eigenvalue weighted by Crippen LogP contribution is -2.31. The van der Waals surface area contributed by atoms with E-state index in [1.807, 2.05) is 24.3 Å². The monoisotopic (exact) mass is 450 g/mol. The Morgan fingerprint density at radius 1 is 1.10 bits per heavy atom. The molecule has 1 aliphatic rings. The average molecular weight is 451 g/mol. The van der Waals surface area contributed by atoms with Crippen molar-refractivity contribution in [2.45, 2.75) is 43.0 Å². The maximum atomic E-state index is 6.63. The second-order valence-corrected chi connectivity index (χ2v) is 9.11. The Labute approximate surface area is 193 Å². The highest BCUT2D eigenvalue weighted by atomic mass is 35.5. The molecule has 3 aromatic rings. The Bertz CT molecular complexity index is 1080.